The van der Waals surface area contributed by atoms with Crippen LogP contribution >= 0.6 is 15.9 Å². The van der Waals surface area contributed by atoms with Crippen LogP contribution in [0.25, 0.3) is 16.5 Å². The number of hydrogen-bond acceptors (Lipinski definition) is 3. The quantitative estimate of drug-likeness (QED) is 0.559. The molecule has 0 fully saturated rings. The van der Waals surface area contributed by atoms with Crippen LogP contribution in [0.5, 0.6) is 0 Å². The fourth-order valence-corrected chi connectivity index (χ4v) is 5.09. The van der Waals surface area contributed by atoms with Crippen molar-refractivity contribution < 1.29 is 4.79 Å². The molecule has 0 N–H and O–H groups in total. The molecule has 1 aliphatic heterocycles. The highest BCUT2D eigenvalue weighted by Gasteiger charge is 2.44. The van der Waals surface area contributed by atoms with Crippen molar-refractivity contribution in [2.24, 2.45) is 5.41 Å². The third-order valence-electron chi connectivity index (χ3n) is 5.84. The second-order valence-corrected chi connectivity index (χ2v) is 9.49. The summed E-state index contributed by atoms with van der Waals surface area (Å²) in [6, 6.07) is 13.8. The third kappa shape index (κ3) is 2.62. The molecule has 2 heterocycles. The summed E-state index contributed by atoms with van der Waals surface area (Å²) < 4.78 is 3.80. The van der Waals surface area contributed by atoms with Gasteiger partial charge < -0.3 is 0 Å². The van der Waals surface area contributed by atoms with Crippen LogP contribution in [-0.2, 0) is 4.79 Å². The number of nitrogens with zero attached hydrogens (tertiary/aromatic N) is 2. The van der Waals surface area contributed by atoms with E-state index in [9.17, 15) is 14.4 Å². The van der Waals surface area contributed by atoms with Crippen molar-refractivity contribution in [1.82, 2.24) is 9.36 Å². The molecule has 5 rings (SSSR count). The molecular weight excluding hydrogens is 432 g/mol. The summed E-state index contributed by atoms with van der Waals surface area (Å²) in [6.07, 6.45) is 0.962. The number of allylic oxidation sites excluding steroid dienone is 2. The van der Waals surface area contributed by atoms with Crippen molar-refractivity contribution in [3.8, 4) is 0 Å². The highest BCUT2D eigenvalue weighted by molar-refractivity contribution is 9.10. The second kappa shape index (κ2) is 6.13. The van der Waals surface area contributed by atoms with Gasteiger partial charge in [-0.05, 0) is 41.7 Å². The number of rotatable bonds is 1. The summed E-state index contributed by atoms with van der Waals surface area (Å²) in [4.78, 5) is 40.2. The highest BCUT2D eigenvalue weighted by atomic mass is 79.9. The molecule has 29 heavy (non-hydrogen) atoms. The number of carbonyl (C=O) groups is 1. The summed E-state index contributed by atoms with van der Waals surface area (Å²) in [5.74, 6) is 0.000261. The van der Waals surface area contributed by atoms with E-state index in [-0.39, 0.29) is 22.3 Å². The Morgan fingerprint density at radius 3 is 2.31 bits per heavy atom. The van der Waals surface area contributed by atoms with Crippen LogP contribution in [0.15, 0.2) is 68.2 Å². The lowest BCUT2D eigenvalue weighted by atomic mass is 9.74. The predicted octanol–water partition coefficient (Wildman–Crippen LogP) is 4.13. The van der Waals surface area contributed by atoms with Gasteiger partial charge in [-0.1, -0.05) is 54.0 Å². The lowest BCUT2D eigenvalue weighted by Crippen LogP contribution is -2.37. The minimum atomic E-state index is -0.601. The Morgan fingerprint density at radius 1 is 0.931 bits per heavy atom. The van der Waals surface area contributed by atoms with Gasteiger partial charge >= 0.3 is 0 Å². The molecule has 0 radical (unpaired) electrons. The molecule has 0 saturated heterocycles. The molecule has 0 spiro atoms. The van der Waals surface area contributed by atoms with Crippen molar-refractivity contribution in [3.05, 3.63) is 84.8 Å². The molecule has 1 unspecified atom stereocenters. The number of fused-ring (bicyclic) bond motifs is 3. The van der Waals surface area contributed by atoms with Gasteiger partial charge in [0.25, 0.3) is 11.1 Å². The van der Waals surface area contributed by atoms with Gasteiger partial charge in [0.05, 0.1) is 16.5 Å². The molecule has 2 aromatic carbocycles. The Balaban J connectivity index is 1.94. The van der Waals surface area contributed by atoms with E-state index in [0.29, 0.717) is 34.9 Å². The third-order valence-corrected chi connectivity index (χ3v) is 6.33. The lowest BCUT2D eigenvalue weighted by molar-refractivity contribution is -0.118. The molecule has 3 aromatic rings. The fourth-order valence-electron chi connectivity index (χ4n) is 4.68. The number of carbonyl (C=O) groups excluding carboxylic acids is 1. The fraction of sp³-hybridized carbons (Fsp3) is 0.261. The van der Waals surface area contributed by atoms with Crippen molar-refractivity contribution >= 4 is 38.2 Å². The van der Waals surface area contributed by atoms with Gasteiger partial charge in [-0.3, -0.25) is 14.4 Å². The van der Waals surface area contributed by atoms with Crippen molar-refractivity contribution in [2.75, 3.05) is 0 Å². The lowest BCUT2D eigenvalue weighted by Gasteiger charge is -2.30. The molecule has 1 aromatic heterocycles. The van der Waals surface area contributed by atoms with Crippen LogP contribution in [0.3, 0.4) is 0 Å². The van der Waals surface area contributed by atoms with Crippen LogP contribution in [0.2, 0.25) is 0 Å². The Bertz CT molecular complexity index is 1360. The average Bonchev–Trinajstić information content (AvgIpc) is 3.00. The van der Waals surface area contributed by atoms with Crippen molar-refractivity contribution in [3.63, 3.8) is 0 Å². The smallest absolute Gasteiger partial charge is 0.277 e. The largest absolute Gasteiger partial charge is 0.294 e. The number of aromatic nitrogens is 2. The minimum Gasteiger partial charge on any atom is -0.294 e. The molecular formula is C23H19BrN2O3. The topological polar surface area (TPSA) is 61.1 Å². The monoisotopic (exact) mass is 450 g/mol. The number of ketones is 1. The van der Waals surface area contributed by atoms with Gasteiger partial charge in [-0.15, -0.1) is 0 Å². The summed E-state index contributed by atoms with van der Waals surface area (Å²) in [7, 11) is 0. The number of Topliss-reactive ketones (excluding diaryl/α,β-unsaturated/α-hetero) is 1. The molecule has 2 aliphatic rings. The van der Waals surface area contributed by atoms with E-state index < -0.39 is 6.04 Å². The molecule has 0 bridgehead atoms. The van der Waals surface area contributed by atoms with Gasteiger partial charge in [-0.25, -0.2) is 9.36 Å². The SMILES string of the molecule is CC1(C)CC(=O)C2=C(C1)n1c(=O)c3ccccc3c(=O)n1C2c1cccc(Br)c1. The average molecular weight is 451 g/mol. The van der Waals surface area contributed by atoms with Gasteiger partial charge in [0.2, 0.25) is 0 Å². The molecule has 1 aliphatic carbocycles. The van der Waals surface area contributed by atoms with E-state index in [1.807, 2.05) is 38.1 Å². The molecule has 1 atom stereocenters. The molecule has 0 saturated carbocycles. The first-order chi connectivity index (χ1) is 13.8. The molecule has 0 amide bonds. The van der Waals surface area contributed by atoms with Crippen LogP contribution in [0.1, 0.15) is 38.3 Å². The Kier molecular flexibility index (Phi) is 3.87. The predicted molar refractivity (Wildman–Crippen MR) is 116 cm³/mol. The van der Waals surface area contributed by atoms with E-state index in [0.717, 1.165) is 10.0 Å². The number of hydrogen-bond donors (Lipinski definition) is 0. The van der Waals surface area contributed by atoms with Crippen molar-refractivity contribution in [1.29, 1.82) is 0 Å². The van der Waals surface area contributed by atoms with Crippen LogP contribution < -0.4 is 11.1 Å². The Hall–Kier alpha value is -2.73. The minimum absolute atomic E-state index is 0.000261. The summed E-state index contributed by atoms with van der Waals surface area (Å²) in [5.41, 5.74) is 1.25. The normalized spacial score (nSPS) is 20.1. The molecule has 146 valence electrons. The van der Waals surface area contributed by atoms with E-state index in [4.69, 9.17) is 0 Å². The first-order valence-electron chi connectivity index (χ1n) is 9.57. The van der Waals surface area contributed by atoms with Crippen LogP contribution in [0, 0.1) is 5.41 Å². The maximum Gasteiger partial charge on any atom is 0.277 e. The number of halogens is 1. The maximum atomic E-state index is 13.5. The Labute approximate surface area is 175 Å². The van der Waals surface area contributed by atoms with E-state index in [2.05, 4.69) is 15.9 Å². The van der Waals surface area contributed by atoms with Crippen LogP contribution in [0.4, 0.5) is 0 Å². The zero-order valence-electron chi connectivity index (χ0n) is 16.1. The van der Waals surface area contributed by atoms with E-state index in [1.165, 1.54) is 9.36 Å². The summed E-state index contributed by atoms with van der Waals surface area (Å²) in [5, 5.41) is 0.756. The van der Waals surface area contributed by atoms with Gasteiger partial charge in [-0.2, -0.15) is 0 Å². The zero-order valence-corrected chi connectivity index (χ0v) is 17.7. The van der Waals surface area contributed by atoms with E-state index >= 15 is 0 Å². The van der Waals surface area contributed by atoms with E-state index in [1.54, 1.807) is 24.3 Å². The first kappa shape index (κ1) is 18.3. The molecule has 5 nitrogen and oxygen atoms in total. The summed E-state index contributed by atoms with van der Waals surface area (Å²) in [6.45, 7) is 4.05. The van der Waals surface area contributed by atoms with Gasteiger partial charge in [0.1, 0.15) is 6.04 Å². The standard InChI is InChI=1S/C23H19BrN2O3/c1-23(2)11-17-19(18(27)12-23)20(13-6-5-7-14(24)10-13)26-22(29)16-9-4-3-8-15(16)21(28)25(17)26/h3-10,20H,11-12H2,1-2H3. The number of benzene rings is 2. The molecule has 6 heteroatoms. The second-order valence-electron chi connectivity index (χ2n) is 8.57. The van der Waals surface area contributed by atoms with Crippen molar-refractivity contribution in [2.45, 2.75) is 32.7 Å². The first-order valence-corrected chi connectivity index (χ1v) is 10.4. The zero-order chi connectivity index (χ0) is 20.5. The Morgan fingerprint density at radius 2 is 1.62 bits per heavy atom. The maximum absolute atomic E-state index is 13.5. The van der Waals surface area contributed by atoms with Gasteiger partial charge in [0, 0.05) is 16.5 Å². The van der Waals surface area contributed by atoms with Gasteiger partial charge in [0.15, 0.2) is 5.78 Å². The van der Waals surface area contributed by atoms with Crippen LogP contribution in [-0.4, -0.2) is 15.1 Å². The highest BCUT2D eigenvalue weighted by Crippen LogP contribution is 2.46. The summed E-state index contributed by atoms with van der Waals surface area (Å²) >= 11 is 3.49.